The van der Waals surface area contributed by atoms with E-state index in [2.05, 4.69) is 5.32 Å². The first-order chi connectivity index (χ1) is 9.00. The van der Waals surface area contributed by atoms with Gasteiger partial charge in [0.05, 0.1) is 0 Å². The van der Waals surface area contributed by atoms with Gasteiger partial charge < -0.3 is 10.2 Å². The number of likely N-dealkylation sites (N-methyl/N-ethyl adjacent to an activating group) is 1. The van der Waals surface area contributed by atoms with E-state index in [0.717, 1.165) is 11.1 Å². The number of hydrogen-bond acceptors (Lipinski definition) is 2. The van der Waals surface area contributed by atoms with Gasteiger partial charge in [0.15, 0.2) is 0 Å². The van der Waals surface area contributed by atoms with Crippen molar-refractivity contribution < 1.29 is 9.59 Å². The lowest BCUT2D eigenvalue weighted by molar-refractivity contribution is -0.133. The summed E-state index contributed by atoms with van der Waals surface area (Å²) in [7, 11) is 1.67. The smallest absolute Gasteiger partial charge is 0.243 e. The molecule has 4 nitrogen and oxygen atoms in total. The number of rotatable bonds is 3. The number of halogens is 1. The highest BCUT2D eigenvalue weighted by atomic mass is 35.5. The van der Waals surface area contributed by atoms with Crippen LogP contribution >= 0.6 is 11.6 Å². The van der Waals surface area contributed by atoms with E-state index in [1.54, 1.807) is 7.05 Å². The van der Waals surface area contributed by atoms with Crippen LogP contribution in [0.25, 0.3) is 0 Å². The maximum Gasteiger partial charge on any atom is 0.243 e. The van der Waals surface area contributed by atoms with Crippen molar-refractivity contribution in [3.05, 3.63) is 34.3 Å². The molecule has 1 N–H and O–H groups in total. The maximum atomic E-state index is 12.0. The summed E-state index contributed by atoms with van der Waals surface area (Å²) in [6.07, 6.45) is 1.04. The number of carbonyl (C=O) groups is 2. The first-order valence-corrected chi connectivity index (χ1v) is 6.66. The number of hydrogen-bond donors (Lipinski definition) is 1. The highest BCUT2D eigenvalue weighted by Crippen LogP contribution is 2.19. The summed E-state index contributed by atoms with van der Waals surface area (Å²) in [6, 6.07) is 5.28. The Labute approximate surface area is 117 Å². The Kier molecular flexibility index (Phi) is 4.10. The summed E-state index contributed by atoms with van der Waals surface area (Å²) in [5.74, 6) is -0.0770. The van der Waals surface area contributed by atoms with Gasteiger partial charge in [0, 0.05) is 25.0 Å². The molecule has 0 unspecified atom stereocenters. The van der Waals surface area contributed by atoms with Gasteiger partial charge in [0.2, 0.25) is 11.8 Å². The number of carbonyl (C=O) groups excluding carboxylic acids is 2. The molecule has 1 saturated heterocycles. The van der Waals surface area contributed by atoms with Crippen molar-refractivity contribution >= 4 is 23.4 Å². The fourth-order valence-corrected chi connectivity index (χ4v) is 2.45. The first kappa shape index (κ1) is 13.9. The molecule has 102 valence electrons. The minimum atomic E-state index is -0.341. The zero-order chi connectivity index (χ0) is 14.0. The lowest BCUT2D eigenvalue weighted by Crippen LogP contribution is -2.42. The minimum absolute atomic E-state index is 0.0269. The van der Waals surface area contributed by atoms with Gasteiger partial charge in [-0.3, -0.25) is 9.59 Å². The Morgan fingerprint density at radius 1 is 1.53 bits per heavy atom. The Bertz CT molecular complexity index is 516. The molecule has 0 saturated carbocycles. The highest BCUT2D eigenvalue weighted by Gasteiger charge is 2.32. The Morgan fingerprint density at radius 2 is 2.26 bits per heavy atom. The van der Waals surface area contributed by atoms with Crippen molar-refractivity contribution in [2.24, 2.45) is 0 Å². The van der Waals surface area contributed by atoms with Crippen LogP contribution < -0.4 is 5.32 Å². The van der Waals surface area contributed by atoms with Crippen LogP contribution in [0, 0.1) is 6.92 Å². The molecule has 19 heavy (non-hydrogen) atoms. The number of benzene rings is 1. The van der Waals surface area contributed by atoms with Crippen molar-refractivity contribution in [1.29, 1.82) is 0 Å². The second-order valence-electron chi connectivity index (χ2n) is 4.80. The standard InChI is InChI=1S/C14H17ClN2O2/c1-9-10(4-3-5-11(9)15)8-16-14(19)12-6-7-13(18)17(12)2/h3-5,12H,6-8H2,1-2H3,(H,16,19)/t12-/m0/s1. The van der Waals surface area contributed by atoms with Crippen molar-refractivity contribution in [1.82, 2.24) is 10.2 Å². The second-order valence-corrected chi connectivity index (χ2v) is 5.21. The van der Waals surface area contributed by atoms with E-state index in [1.165, 1.54) is 4.90 Å². The van der Waals surface area contributed by atoms with Crippen molar-refractivity contribution in [2.75, 3.05) is 7.05 Å². The maximum absolute atomic E-state index is 12.0. The summed E-state index contributed by atoms with van der Waals surface area (Å²) >= 11 is 6.03. The van der Waals surface area contributed by atoms with Crippen molar-refractivity contribution in [2.45, 2.75) is 32.4 Å². The molecule has 0 radical (unpaired) electrons. The van der Waals surface area contributed by atoms with E-state index in [1.807, 2.05) is 25.1 Å². The molecular weight excluding hydrogens is 264 g/mol. The zero-order valence-corrected chi connectivity index (χ0v) is 11.8. The molecule has 2 rings (SSSR count). The minimum Gasteiger partial charge on any atom is -0.350 e. The Morgan fingerprint density at radius 3 is 2.89 bits per heavy atom. The van der Waals surface area contributed by atoms with E-state index < -0.39 is 0 Å². The third-order valence-electron chi connectivity index (χ3n) is 3.63. The SMILES string of the molecule is Cc1c(Cl)cccc1CNC(=O)[C@@H]1CCC(=O)N1C. The average molecular weight is 281 g/mol. The van der Waals surface area contributed by atoms with Gasteiger partial charge in [-0.1, -0.05) is 23.7 Å². The molecule has 1 atom stereocenters. The van der Waals surface area contributed by atoms with Crippen LogP contribution in [-0.2, 0) is 16.1 Å². The summed E-state index contributed by atoms with van der Waals surface area (Å²) < 4.78 is 0. The largest absolute Gasteiger partial charge is 0.350 e. The van der Waals surface area contributed by atoms with Gasteiger partial charge in [-0.25, -0.2) is 0 Å². The molecule has 1 aromatic carbocycles. The number of amides is 2. The third kappa shape index (κ3) is 2.89. The summed E-state index contributed by atoms with van der Waals surface area (Å²) in [5, 5.41) is 3.56. The molecule has 0 bridgehead atoms. The Balaban J connectivity index is 1.97. The molecule has 0 aliphatic carbocycles. The van der Waals surface area contributed by atoms with Crippen LogP contribution in [0.3, 0.4) is 0 Å². The summed E-state index contributed by atoms with van der Waals surface area (Å²) in [5.41, 5.74) is 1.97. The lowest BCUT2D eigenvalue weighted by Gasteiger charge is -2.19. The molecule has 1 aromatic rings. The zero-order valence-electron chi connectivity index (χ0n) is 11.1. The van der Waals surface area contributed by atoms with Crippen LogP contribution in [0.1, 0.15) is 24.0 Å². The lowest BCUT2D eigenvalue weighted by atomic mass is 10.1. The molecular formula is C14H17ClN2O2. The van der Waals surface area contributed by atoms with Crippen LogP contribution in [0.4, 0.5) is 0 Å². The van der Waals surface area contributed by atoms with E-state index in [9.17, 15) is 9.59 Å². The van der Waals surface area contributed by atoms with Gasteiger partial charge in [-0.05, 0) is 30.5 Å². The van der Waals surface area contributed by atoms with E-state index in [0.29, 0.717) is 24.4 Å². The molecule has 1 heterocycles. The van der Waals surface area contributed by atoms with Crippen LogP contribution in [0.5, 0.6) is 0 Å². The third-order valence-corrected chi connectivity index (χ3v) is 4.04. The monoisotopic (exact) mass is 280 g/mol. The van der Waals surface area contributed by atoms with E-state index >= 15 is 0 Å². The molecule has 0 spiro atoms. The normalized spacial score (nSPS) is 18.8. The van der Waals surface area contributed by atoms with Gasteiger partial charge in [0.25, 0.3) is 0 Å². The second kappa shape index (κ2) is 5.61. The van der Waals surface area contributed by atoms with Gasteiger partial charge in [0.1, 0.15) is 6.04 Å². The van der Waals surface area contributed by atoms with Gasteiger partial charge in [-0.15, -0.1) is 0 Å². The van der Waals surface area contributed by atoms with Crippen LogP contribution in [0.15, 0.2) is 18.2 Å². The average Bonchev–Trinajstić information content (AvgIpc) is 2.72. The predicted molar refractivity (Wildman–Crippen MR) is 73.8 cm³/mol. The number of likely N-dealkylation sites (tertiary alicyclic amines) is 1. The number of nitrogens with zero attached hydrogens (tertiary/aromatic N) is 1. The molecule has 2 amide bonds. The van der Waals surface area contributed by atoms with Crippen molar-refractivity contribution in [3.8, 4) is 0 Å². The van der Waals surface area contributed by atoms with E-state index in [-0.39, 0.29) is 17.9 Å². The van der Waals surface area contributed by atoms with Gasteiger partial charge in [-0.2, -0.15) is 0 Å². The molecule has 1 aliphatic rings. The van der Waals surface area contributed by atoms with Crippen LogP contribution in [0.2, 0.25) is 5.02 Å². The van der Waals surface area contributed by atoms with Crippen LogP contribution in [-0.4, -0.2) is 29.8 Å². The highest BCUT2D eigenvalue weighted by molar-refractivity contribution is 6.31. The molecule has 1 fully saturated rings. The molecule has 5 heteroatoms. The molecule has 0 aromatic heterocycles. The number of nitrogens with one attached hydrogen (secondary N) is 1. The van der Waals surface area contributed by atoms with E-state index in [4.69, 9.17) is 11.6 Å². The first-order valence-electron chi connectivity index (χ1n) is 6.28. The quantitative estimate of drug-likeness (QED) is 0.919. The fourth-order valence-electron chi connectivity index (χ4n) is 2.25. The van der Waals surface area contributed by atoms with Gasteiger partial charge >= 0.3 is 0 Å². The molecule has 1 aliphatic heterocycles. The van der Waals surface area contributed by atoms with Crippen molar-refractivity contribution in [3.63, 3.8) is 0 Å². The fraction of sp³-hybridized carbons (Fsp3) is 0.429. The topological polar surface area (TPSA) is 49.4 Å². The summed E-state index contributed by atoms with van der Waals surface area (Å²) in [4.78, 5) is 24.9. The summed E-state index contributed by atoms with van der Waals surface area (Å²) in [6.45, 7) is 2.36. The predicted octanol–water partition coefficient (Wildman–Crippen LogP) is 1.89. The Hall–Kier alpha value is -1.55.